The first kappa shape index (κ1) is 32.3. The normalized spacial score (nSPS) is 11.9. The Hall–Kier alpha value is -6.99. The second kappa shape index (κ2) is 12.8. The molecule has 8 aromatic carbocycles. The lowest BCUT2D eigenvalue weighted by atomic mass is 9.97. The van der Waals surface area contributed by atoms with Gasteiger partial charge in [0.05, 0.1) is 16.7 Å². The van der Waals surface area contributed by atoms with Crippen molar-refractivity contribution in [2.75, 3.05) is 0 Å². The van der Waals surface area contributed by atoms with Crippen molar-refractivity contribution in [1.29, 1.82) is 0 Å². The lowest BCUT2D eigenvalue weighted by Gasteiger charge is -2.12. The fourth-order valence-corrected chi connectivity index (χ4v) is 10.8. The van der Waals surface area contributed by atoms with E-state index < -0.39 is 0 Å². The van der Waals surface area contributed by atoms with Gasteiger partial charge in [-0.3, -0.25) is 0 Å². The maximum absolute atomic E-state index is 5.00. The van der Waals surface area contributed by atoms with E-state index in [0.29, 0.717) is 17.5 Å². The zero-order valence-electron chi connectivity index (χ0n) is 30.4. The molecule has 0 saturated heterocycles. The van der Waals surface area contributed by atoms with Gasteiger partial charge in [-0.15, -0.1) is 22.7 Å². The summed E-state index contributed by atoms with van der Waals surface area (Å²) in [6.45, 7) is 0. The topological polar surface area (TPSA) is 43.6 Å². The first-order chi connectivity index (χ1) is 28.2. The first-order valence-corrected chi connectivity index (χ1v) is 20.7. The van der Waals surface area contributed by atoms with Gasteiger partial charge in [0.25, 0.3) is 0 Å². The Bertz CT molecular complexity index is 3410. The summed E-state index contributed by atoms with van der Waals surface area (Å²) in [7, 11) is 0. The molecule has 0 bridgehead atoms. The zero-order chi connectivity index (χ0) is 37.5. The monoisotopic (exact) mass is 762 g/mol. The Balaban J connectivity index is 1.01. The number of hydrogen-bond acceptors (Lipinski definition) is 5. The Morgan fingerprint density at radius 2 is 0.825 bits per heavy atom. The molecule has 0 unspecified atom stereocenters. The van der Waals surface area contributed by atoms with Crippen LogP contribution in [0.2, 0.25) is 0 Å². The van der Waals surface area contributed by atoms with E-state index >= 15 is 0 Å². The summed E-state index contributed by atoms with van der Waals surface area (Å²) < 4.78 is 7.50. The minimum absolute atomic E-state index is 0.664. The molecule has 57 heavy (non-hydrogen) atoms. The van der Waals surface area contributed by atoms with Crippen LogP contribution >= 0.6 is 22.7 Å². The van der Waals surface area contributed by atoms with Crippen molar-refractivity contribution in [2.45, 2.75) is 0 Å². The third-order valence-corrected chi connectivity index (χ3v) is 13.3. The molecule has 0 aliphatic rings. The zero-order valence-corrected chi connectivity index (χ0v) is 32.1. The Morgan fingerprint density at radius 3 is 1.46 bits per heavy atom. The Labute approximate surface area is 335 Å². The third-order valence-electron chi connectivity index (χ3n) is 11.1. The van der Waals surface area contributed by atoms with Gasteiger partial charge in [0.1, 0.15) is 0 Å². The van der Waals surface area contributed by atoms with E-state index in [1.165, 1.54) is 79.0 Å². The molecule has 12 aromatic rings. The number of para-hydroxylation sites is 2. The smallest absolute Gasteiger partial charge is 0.164 e. The van der Waals surface area contributed by atoms with Crippen molar-refractivity contribution in [2.24, 2.45) is 0 Å². The van der Waals surface area contributed by atoms with Gasteiger partial charge in [0.2, 0.25) is 0 Å². The molecule has 0 aliphatic heterocycles. The molecule has 0 spiro atoms. The van der Waals surface area contributed by atoms with Crippen LogP contribution < -0.4 is 0 Å². The van der Waals surface area contributed by atoms with Gasteiger partial charge in [-0.1, -0.05) is 140 Å². The Kier molecular flexibility index (Phi) is 7.24. The van der Waals surface area contributed by atoms with Crippen LogP contribution in [0.1, 0.15) is 0 Å². The fraction of sp³-hybridized carbons (Fsp3) is 0. The summed E-state index contributed by atoms with van der Waals surface area (Å²) >= 11 is 3.69. The molecule has 0 atom stereocenters. The molecular formula is C51H30N4S2. The first-order valence-electron chi connectivity index (χ1n) is 19.0. The van der Waals surface area contributed by atoms with Gasteiger partial charge in [-0.2, -0.15) is 0 Å². The molecule has 12 rings (SSSR count). The molecule has 4 aromatic heterocycles. The summed E-state index contributed by atoms with van der Waals surface area (Å²) in [4.78, 5) is 14.9. The lowest BCUT2D eigenvalue weighted by molar-refractivity contribution is 1.07. The van der Waals surface area contributed by atoms with E-state index in [2.05, 4.69) is 126 Å². The van der Waals surface area contributed by atoms with Crippen LogP contribution in [0.15, 0.2) is 182 Å². The summed E-state index contributed by atoms with van der Waals surface area (Å²) in [6.07, 6.45) is 0. The van der Waals surface area contributed by atoms with Gasteiger partial charge < -0.3 is 4.57 Å². The average Bonchev–Trinajstić information content (AvgIpc) is 3.96. The van der Waals surface area contributed by atoms with E-state index in [-0.39, 0.29) is 0 Å². The largest absolute Gasteiger partial charge is 0.309 e. The number of benzene rings is 8. The summed E-state index contributed by atoms with van der Waals surface area (Å²) in [6, 6.07) is 64.9. The minimum atomic E-state index is 0.664. The molecule has 0 saturated carbocycles. The predicted octanol–water partition coefficient (Wildman–Crippen LogP) is 14.4. The molecule has 4 heterocycles. The maximum atomic E-state index is 5.00. The van der Waals surface area contributed by atoms with Gasteiger partial charge in [-0.05, 0) is 53.6 Å². The van der Waals surface area contributed by atoms with Gasteiger partial charge >= 0.3 is 0 Å². The van der Waals surface area contributed by atoms with E-state index in [0.717, 1.165) is 16.7 Å². The van der Waals surface area contributed by atoms with Crippen LogP contribution in [0.25, 0.3) is 113 Å². The fourth-order valence-electron chi connectivity index (χ4n) is 8.48. The van der Waals surface area contributed by atoms with Crippen molar-refractivity contribution in [1.82, 2.24) is 19.5 Å². The number of nitrogens with zero attached hydrogens (tertiary/aromatic N) is 4. The van der Waals surface area contributed by atoms with Crippen LogP contribution in [-0.2, 0) is 0 Å². The van der Waals surface area contributed by atoms with Crippen LogP contribution in [0.3, 0.4) is 0 Å². The van der Waals surface area contributed by atoms with E-state index in [1.807, 2.05) is 83.3 Å². The highest BCUT2D eigenvalue weighted by Gasteiger charge is 2.20. The number of fused-ring (bicyclic) bond motifs is 9. The highest BCUT2D eigenvalue weighted by molar-refractivity contribution is 7.26. The van der Waals surface area contributed by atoms with Crippen LogP contribution in [0.4, 0.5) is 0 Å². The number of hydrogen-bond donors (Lipinski definition) is 0. The molecule has 0 radical (unpaired) electrons. The highest BCUT2D eigenvalue weighted by Crippen LogP contribution is 2.46. The SMILES string of the molecule is c1ccc(-c2nc(-c3ccccc3)nc(-c3ccc4c(c3)sc3cc(-c5cccc6sc7cccc(-n8c9ccccc9c9ccccc98)c7c56)ccc34)n2)cc1. The predicted molar refractivity (Wildman–Crippen MR) is 242 cm³/mol. The van der Waals surface area contributed by atoms with Crippen molar-refractivity contribution in [3.63, 3.8) is 0 Å². The van der Waals surface area contributed by atoms with Crippen LogP contribution in [0.5, 0.6) is 0 Å². The maximum Gasteiger partial charge on any atom is 0.164 e. The van der Waals surface area contributed by atoms with E-state index in [4.69, 9.17) is 15.0 Å². The standard InChI is InChI=1S/C51H30N4S2/c1-3-13-31(14-4-1)49-52-50(32-15-5-2-6-16-32)54-51(53-49)34-26-28-39-38-27-25-33(29-45(38)57-46(39)30-34)35-19-11-23-43-47(35)48-42(22-12-24-44(48)56-43)55-40-20-9-7-17-36(40)37-18-8-10-21-41(37)55/h1-30H. The van der Waals surface area contributed by atoms with Gasteiger partial charge in [-0.25, -0.2) is 15.0 Å². The Morgan fingerprint density at radius 1 is 0.333 bits per heavy atom. The molecule has 6 heteroatoms. The molecule has 0 amide bonds. The molecule has 266 valence electrons. The highest BCUT2D eigenvalue weighted by atomic mass is 32.1. The second-order valence-corrected chi connectivity index (χ2v) is 16.5. The van der Waals surface area contributed by atoms with E-state index in [1.54, 1.807) is 0 Å². The molecule has 4 nitrogen and oxygen atoms in total. The quantitative estimate of drug-likeness (QED) is 0.175. The second-order valence-electron chi connectivity index (χ2n) is 14.4. The third kappa shape index (κ3) is 5.15. The minimum Gasteiger partial charge on any atom is -0.309 e. The van der Waals surface area contributed by atoms with Crippen LogP contribution in [0, 0.1) is 0 Å². The van der Waals surface area contributed by atoms with Gasteiger partial charge in [0, 0.05) is 67.8 Å². The lowest BCUT2D eigenvalue weighted by Crippen LogP contribution is -1.99. The molecule has 0 fully saturated rings. The summed E-state index contributed by atoms with van der Waals surface area (Å²) in [5.41, 5.74) is 9.01. The van der Waals surface area contributed by atoms with Gasteiger partial charge in [0.15, 0.2) is 17.5 Å². The molecule has 0 N–H and O–H groups in total. The van der Waals surface area contributed by atoms with Crippen LogP contribution in [-0.4, -0.2) is 19.5 Å². The van der Waals surface area contributed by atoms with Crippen molar-refractivity contribution < 1.29 is 0 Å². The number of rotatable bonds is 5. The summed E-state index contributed by atoms with van der Waals surface area (Å²) in [5, 5.41) is 7.63. The molecular weight excluding hydrogens is 733 g/mol. The summed E-state index contributed by atoms with van der Waals surface area (Å²) in [5.74, 6) is 1.99. The average molecular weight is 763 g/mol. The van der Waals surface area contributed by atoms with E-state index in [9.17, 15) is 0 Å². The van der Waals surface area contributed by atoms with Crippen molar-refractivity contribution in [3.05, 3.63) is 182 Å². The van der Waals surface area contributed by atoms with Crippen molar-refractivity contribution in [3.8, 4) is 51.0 Å². The molecule has 0 aliphatic carbocycles. The number of aromatic nitrogens is 4. The number of thiophene rings is 2. The van der Waals surface area contributed by atoms with Crippen molar-refractivity contribution >= 4 is 84.8 Å².